The lowest BCUT2D eigenvalue weighted by Crippen LogP contribution is -2.42. The lowest BCUT2D eigenvalue weighted by atomic mass is 9.82. The Morgan fingerprint density at radius 2 is 2.14 bits per heavy atom. The summed E-state index contributed by atoms with van der Waals surface area (Å²) >= 11 is 0.968. The van der Waals surface area contributed by atoms with Crippen LogP contribution in [-0.2, 0) is 4.74 Å². The number of aromatic nitrogens is 1. The lowest BCUT2D eigenvalue weighted by molar-refractivity contribution is 0.207. The quantitative estimate of drug-likeness (QED) is 0.656. The first-order valence-corrected chi connectivity index (χ1v) is 12.6. The summed E-state index contributed by atoms with van der Waals surface area (Å²) in [4.78, 5) is 13.4. The highest BCUT2D eigenvalue weighted by Crippen LogP contribution is 2.48. The number of aliphatic imine (C=N–C) groups is 1. The monoisotopic (exact) mass is 509 g/mol. The molecule has 0 radical (unpaired) electrons. The fourth-order valence-electron chi connectivity index (χ4n) is 5.59. The van der Waals surface area contributed by atoms with Crippen molar-refractivity contribution in [1.82, 2.24) is 20.1 Å². The molecular formula is C25H25F2N7OS. The molecule has 4 aliphatic rings. The molecular weight excluding hydrogens is 484 g/mol. The number of nitrogen functional groups attached to an aromatic ring is 1. The highest BCUT2D eigenvalue weighted by Gasteiger charge is 2.41. The van der Waals surface area contributed by atoms with Crippen molar-refractivity contribution in [3.63, 3.8) is 0 Å². The zero-order valence-electron chi connectivity index (χ0n) is 19.9. The minimum atomic E-state index is -0.868. The number of thiophene rings is 1. The summed E-state index contributed by atoms with van der Waals surface area (Å²) in [6, 6.07) is 1.18. The molecule has 1 saturated heterocycles. The summed E-state index contributed by atoms with van der Waals surface area (Å²) < 4.78 is 37.0. The molecule has 8 nitrogen and oxygen atoms in total. The average Bonchev–Trinajstić information content (AvgIpc) is 3.59. The number of nitrogens with zero attached hydrogens (tertiary/aromatic N) is 5. The molecule has 0 saturated carbocycles. The maximum absolute atomic E-state index is 16.4. The van der Waals surface area contributed by atoms with Crippen molar-refractivity contribution in [3.8, 4) is 6.07 Å². The number of nitrogens with two attached hydrogens (primary N) is 1. The molecule has 3 N–H and O–H groups in total. The Labute approximate surface area is 211 Å². The standard InChI is InChI=1S/C25H25F2N7OS/c1-33(2)8-12-3-4-34(9-12)25-31-6-14-15-10-35-11-16(15)18(20(27)21(14)32-25)22-19-13(5-28)24(29)36-23(19)17(26)7-30-22/h6-7,12,21H,3-4,8-11,29H2,1-2H3,(H,31,32). The number of hydrogen-bond acceptors (Lipinski definition) is 9. The van der Waals surface area contributed by atoms with Crippen molar-refractivity contribution in [3.05, 3.63) is 52.0 Å². The van der Waals surface area contributed by atoms with E-state index in [0.29, 0.717) is 24.1 Å². The first kappa shape index (κ1) is 23.1. The van der Waals surface area contributed by atoms with Gasteiger partial charge in [-0.2, -0.15) is 5.26 Å². The molecule has 5 heterocycles. The molecule has 1 fully saturated rings. The van der Waals surface area contributed by atoms with Crippen molar-refractivity contribution in [1.29, 1.82) is 5.26 Å². The van der Waals surface area contributed by atoms with E-state index in [2.05, 4.69) is 34.2 Å². The maximum Gasteiger partial charge on any atom is 0.199 e. The first-order valence-electron chi connectivity index (χ1n) is 11.8. The molecule has 2 unspecified atom stereocenters. The van der Waals surface area contributed by atoms with Gasteiger partial charge in [0.05, 0.1) is 35.4 Å². The Balaban J connectivity index is 1.46. The number of guanidine groups is 1. The van der Waals surface area contributed by atoms with E-state index >= 15 is 4.39 Å². The van der Waals surface area contributed by atoms with E-state index in [4.69, 9.17) is 15.5 Å². The Morgan fingerprint density at radius 3 is 2.92 bits per heavy atom. The van der Waals surface area contributed by atoms with Crippen LogP contribution in [0.1, 0.15) is 17.7 Å². The van der Waals surface area contributed by atoms with Crippen LogP contribution < -0.4 is 11.1 Å². The van der Waals surface area contributed by atoms with Crippen molar-refractivity contribution in [2.24, 2.45) is 10.9 Å². The molecule has 0 bridgehead atoms. The summed E-state index contributed by atoms with van der Waals surface area (Å²) in [6.07, 6.45) is 3.92. The smallest absolute Gasteiger partial charge is 0.199 e. The Bertz CT molecular complexity index is 1450. The molecule has 6 rings (SSSR count). The van der Waals surface area contributed by atoms with Gasteiger partial charge in [-0.3, -0.25) is 4.98 Å². The van der Waals surface area contributed by atoms with Gasteiger partial charge in [-0.25, -0.2) is 13.8 Å². The SMILES string of the molecule is CN(C)CC1CCN(C2=NC3C(=CN2)C2=C(COC2)C(c2ncc(F)c4sc(N)c(C#N)c24)=C3F)C1. The molecule has 3 aliphatic heterocycles. The second-order valence-corrected chi connectivity index (χ2v) is 10.8. The second-order valence-electron chi connectivity index (χ2n) is 9.75. The molecule has 2 aromatic heterocycles. The van der Waals surface area contributed by atoms with Crippen LogP contribution in [0.2, 0.25) is 0 Å². The van der Waals surface area contributed by atoms with E-state index in [1.54, 1.807) is 0 Å². The molecule has 36 heavy (non-hydrogen) atoms. The minimum Gasteiger partial charge on any atom is -0.389 e. The first-order chi connectivity index (χ1) is 17.4. The summed E-state index contributed by atoms with van der Waals surface area (Å²) in [6.45, 7) is 3.18. The minimum absolute atomic E-state index is 0.109. The fourth-order valence-corrected chi connectivity index (χ4v) is 6.51. The zero-order valence-corrected chi connectivity index (χ0v) is 20.8. The Hall–Kier alpha value is -3.33. The molecule has 186 valence electrons. The number of hydrogen-bond donors (Lipinski definition) is 2. The summed E-state index contributed by atoms with van der Waals surface area (Å²) in [5.74, 6) is 0.0735. The van der Waals surface area contributed by atoms with Crippen LogP contribution in [0.25, 0.3) is 15.7 Å². The van der Waals surface area contributed by atoms with Crippen LogP contribution in [0.3, 0.4) is 0 Å². The summed E-state index contributed by atoms with van der Waals surface area (Å²) in [5.41, 5.74) is 8.77. The van der Waals surface area contributed by atoms with Crippen LogP contribution in [0.4, 0.5) is 13.8 Å². The molecule has 0 aromatic carbocycles. The average molecular weight is 510 g/mol. The number of fused-ring (bicyclic) bond motifs is 3. The van der Waals surface area contributed by atoms with Gasteiger partial charge < -0.3 is 25.6 Å². The van der Waals surface area contributed by atoms with Crippen LogP contribution in [-0.4, -0.2) is 73.7 Å². The number of nitrogens with one attached hydrogen (secondary N) is 1. The zero-order chi connectivity index (χ0) is 25.1. The highest BCUT2D eigenvalue weighted by molar-refractivity contribution is 7.23. The number of likely N-dealkylation sites (tertiary alicyclic amines) is 1. The van der Waals surface area contributed by atoms with E-state index in [1.165, 1.54) is 0 Å². The van der Waals surface area contributed by atoms with Gasteiger partial charge in [-0.15, -0.1) is 11.3 Å². The summed E-state index contributed by atoms with van der Waals surface area (Å²) in [7, 11) is 4.12. The van der Waals surface area contributed by atoms with Crippen molar-refractivity contribution in [2.75, 3.05) is 52.7 Å². The largest absolute Gasteiger partial charge is 0.389 e. The number of anilines is 1. The predicted octanol–water partition coefficient (Wildman–Crippen LogP) is 3.01. The third kappa shape index (κ3) is 3.51. The third-order valence-electron chi connectivity index (χ3n) is 7.14. The predicted molar refractivity (Wildman–Crippen MR) is 135 cm³/mol. The van der Waals surface area contributed by atoms with Gasteiger partial charge in [0.25, 0.3) is 0 Å². The van der Waals surface area contributed by atoms with Gasteiger partial charge >= 0.3 is 0 Å². The van der Waals surface area contributed by atoms with Gasteiger partial charge in [0.2, 0.25) is 0 Å². The van der Waals surface area contributed by atoms with Gasteiger partial charge in [-0.1, -0.05) is 0 Å². The van der Waals surface area contributed by atoms with E-state index in [0.717, 1.165) is 54.7 Å². The van der Waals surface area contributed by atoms with Gasteiger partial charge in [0, 0.05) is 42.4 Å². The van der Waals surface area contributed by atoms with Gasteiger partial charge in [0.15, 0.2) is 11.8 Å². The van der Waals surface area contributed by atoms with Crippen LogP contribution in [0, 0.1) is 23.1 Å². The van der Waals surface area contributed by atoms with Gasteiger partial charge in [-0.05, 0) is 37.6 Å². The molecule has 0 amide bonds. The van der Waals surface area contributed by atoms with Gasteiger partial charge in [0.1, 0.15) is 22.9 Å². The van der Waals surface area contributed by atoms with E-state index < -0.39 is 17.7 Å². The van der Waals surface area contributed by atoms with Crippen molar-refractivity contribution < 1.29 is 13.5 Å². The normalized spacial score (nSPS) is 23.6. The van der Waals surface area contributed by atoms with E-state index in [-0.39, 0.29) is 38.5 Å². The molecule has 2 atom stereocenters. The highest BCUT2D eigenvalue weighted by atomic mass is 32.1. The number of halogens is 2. The summed E-state index contributed by atoms with van der Waals surface area (Å²) in [5, 5.41) is 13.4. The Morgan fingerprint density at radius 1 is 1.33 bits per heavy atom. The fraction of sp³-hybridized carbons (Fsp3) is 0.400. The molecule has 1 aliphatic carbocycles. The van der Waals surface area contributed by atoms with Crippen molar-refractivity contribution in [2.45, 2.75) is 12.5 Å². The molecule has 11 heteroatoms. The number of pyridine rings is 1. The number of nitriles is 1. The van der Waals surface area contributed by atoms with Crippen LogP contribution in [0.5, 0.6) is 0 Å². The Kier molecular flexibility index (Phi) is 5.55. The van der Waals surface area contributed by atoms with Crippen LogP contribution in [0.15, 0.2) is 39.9 Å². The molecule has 0 spiro atoms. The van der Waals surface area contributed by atoms with E-state index in [1.807, 2.05) is 12.3 Å². The van der Waals surface area contributed by atoms with Crippen LogP contribution >= 0.6 is 11.3 Å². The lowest BCUT2D eigenvalue weighted by Gasteiger charge is -2.32. The topological polar surface area (TPSA) is 103 Å². The number of rotatable bonds is 3. The second kappa shape index (κ2) is 8.65. The molecule has 2 aromatic rings. The van der Waals surface area contributed by atoms with E-state index in [9.17, 15) is 9.65 Å². The third-order valence-corrected chi connectivity index (χ3v) is 8.17. The maximum atomic E-state index is 16.4. The number of ether oxygens (including phenoxy) is 1. The van der Waals surface area contributed by atoms with Crippen molar-refractivity contribution >= 4 is 38.0 Å².